The van der Waals surface area contributed by atoms with Gasteiger partial charge in [-0.25, -0.2) is 22.5 Å². The molecule has 0 radical (unpaired) electrons. The van der Waals surface area contributed by atoms with E-state index in [1.54, 1.807) is 0 Å². The first kappa shape index (κ1) is 15.1. The van der Waals surface area contributed by atoms with Gasteiger partial charge in [-0.3, -0.25) is 9.89 Å². The molecule has 112 valence electrons. The number of aromatic nitrogens is 3. The SMILES string of the molecule is CC(=O)Nc1ccc(S(=O)(=O)NCc2ncn[nH]2)c(F)c1. The Bertz CT molecular complexity index is 745. The van der Waals surface area contributed by atoms with E-state index in [4.69, 9.17) is 0 Å². The molecule has 0 fully saturated rings. The van der Waals surface area contributed by atoms with Crippen LogP contribution in [0, 0.1) is 5.82 Å². The fourth-order valence-corrected chi connectivity index (χ4v) is 2.60. The number of hydrogen-bond donors (Lipinski definition) is 3. The Morgan fingerprint density at radius 2 is 2.19 bits per heavy atom. The number of carbonyl (C=O) groups excluding carboxylic acids is 1. The van der Waals surface area contributed by atoms with Crippen LogP contribution in [0.3, 0.4) is 0 Å². The van der Waals surface area contributed by atoms with E-state index in [2.05, 4.69) is 25.2 Å². The topological polar surface area (TPSA) is 117 Å². The van der Waals surface area contributed by atoms with Crippen LogP contribution in [0.4, 0.5) is 10.1 Å². The zero-order valence-corrected chi connectivity index (χ0v) is 11.7. The number of H-pyrrole nitrogens is 1. The largest absolute Gasteiger partial charge is 0.326 e. The summed E-state index contributed by atoms with van der Waals surface area (Å²) in [5, 5.41) is 8.41. The van der Waals surface area contributed by atoms with Gasteiger partial charge in [-0.15, -0.1) is 0 Å². The molecule has 0 saturated heterocycles. The van der Waals surface area contributed by atoms with E-state index >= 15 is 0 Å². The third-order valence-corrected chi connectivity index (χ3v) is 3.87. The standard InChI is InChI=1S/C11H12FN5O3S/c1-7(18)16-8-2-3-10(9(12)4-8)21(19,20)15-5-11-13-6-14-17-11/h2-4,6,15H,5H2,1H3,(H,16,18)(H,13,14,17). The van der Waals surface area contributed by atoms with Crippen LogP contribution >= 0.6 is 0 Å². The number of benzene rings is 1. The summed E-state index contributed by atoms with van der Waals surface area (Å²) in [4.78, 5) is 14.1. The van der Waals surface area contributed by atoms with Crippen LogP contribution in [0.15, 0.2) is 29.4 Å². The molecule has 0 bridgehead atoms. The van der Waals surface area contributed by atoms with Crippen LogP contribution in [-0.4, -0.2) is 29.5 Å². The summed E-state index contributed by atoms with van der Waals surface area (Å²) in [6.45, 7) is 1.12. The van der Waals surface area contributed by atoms with Crippen LogP contribution in [-0.2, 0) is 21.4 Å². The van der Waals surface area contributed by atoms with Crippen LogP contribution in [0.25, 0.3) is 0 Å². The van der Waals surface area contributed by atoms with Gasteiger partial charge in [0.15, 0.2) is 0 Å². The molecule has 0 aliphatic rings. The fraction of sp³-hybridized carbons (Fsp3) is 0.182. The van der Waals surface area contributed by atoms with Crippen LogP contribution < -0.4 is 10.0 Å². The molecule has 3 N–H and O–H groups in total. The molecule has 8 nitrogen and oxygen atoms in total. The Hall–Kier alpha value is -2.33. The van der Waals surface area contributed by atoms with Gasteiger partial charge < -0.3 is 5.32 Å². The molecule has 2 rings (SSSR count). The normalized spacial score (nSPS) is 11.3. The number of anilines is 1. The quantitative estimate of drug-likeness (QED) is 0.738. The fourth-order valence-electron chi connectivity index (χ4n) is 1.56. The summed E-state index contributed by atoms with van der Waals surface area (Å²) in [6.07, 6.45) is 1.23. The number of nitrogens with zero attached hydrogens (tertiary/aromatic N) is 2. The molecule has 1 aromatic carbocycles. The van der Waals surface area contributed by atoms with E-state index in [0.717, 1.165) is 12.1 Å². The van der Waals surface area contributed by atoms with Crippen molar-refractivity contribution < 1.29 is 17.6 Å². The number of amides is 1. The molecule has 0 spiro atoms. The zero-order chi connectivity index (χ0) is 15.5. The molecule has 0 aliphatic heterocycles. The molecular formula is C11H12FN5O3S. The summed E-state index contributed by atoms with van der Waals surface area (Å²) in [5.74, 6) is -1.05. The van der Waals surface area contributed by atoms with Crippen molar-refractivity contribution in [3.8, 4) is 0 Å². The lowest BCUT2D eigenvalue weighted by molar-refractivity contribution is -0.114. The minimum Gasteiger partial charge on any atom is -0.326 e. The van der Waals surface area contributed by atoms with Gasteiger partial charge in [0.25, 0.3) is 0 Å². The summed E-state index contributed by atoms with van der Waals surface area (Å²) in [5.41, 5.74) is 0.175. The smallest absolute Gasteiger partial charge is 0.243 e. The second-order valence-corrected chi connectivity index (χ2v) is 5.82. The Morgan fingerprint density at radius 3 is 2.76 bits per heavy atom. The molecule has 0 aliphatic carbocycles. The molecule has 10 heteroatoms. The van der Waals surface area contributed by atoms with E-state index in [1.807, 2.05) is 0 Å². The van der Waals surface area contributed by atoms with Gasteiger partial charge in [0, 0.05) is 12.6 Å². The minimum atomic E-state index is -4.04. The second-order valence-electron chi connectivity index (χ2n) is 4.08. The second kappa shape index (κ2) is 5.97. The van der Waals surface area contributed by atoms with Gasteiger partial charge in [-0.05, 0) is 18.2 Å². The van der Waals surface area contributed by atoms with Crippen molar-refractivity contribution in [1.82, 2.24) is 19.9 Å². The van der Waals surface area contributed by atoms with Crippen molar-refractivity contribution in [2.75, 3.05) is 5.32 Å². The van der Waals surface area contributed by atoms with E-state index in [1.165, 1.54) is 19.3 Å². The van der Waals surface area contributed by atoms with Crippen molar-refractivity contribution in [2.45, 2.75) is 18.4 Å². The van der Waals surface area contributed by atoms with Gasteiger partial charge in [0.1, 0.15) is 22.9 Å². The van der Waals surface area contributed by atoms with Gasteiger partial charge in [0.05, 0.1) is 6.54 Å². The number of rotatable bonds is 5. The highest BCUT2D eigenvalue weighted by Gasteiger charge is 2.19. The van der Waals surface area contributed by atoms with E-state index in [9.17, 15) is 17.6 Å². The van der Waals surface area contributed by atoms with Crippen molar-refractivity contribution in [3.05, 3.63) is 36.2 Å². The first-order chi connectivity index (χ1) is 9.88. The van der Waals surface area contributed by atoms with Crippen LogP contribution in [0.5, 0.6) is 0 Å². The number of hydrogen-bond acceptors (Lipinski definition) is 5. The number of carbonyl (C=O) groups is 1. The Balaban J connectivity index is 2.17. The van der Waals surface area contributed by atoms with Crippen LogP contribution in [0.2, 0.25) is 0 Å². The predicted molar refractivity (Wildman–Crippen MR) is 71.1 cm³/mol. The Kier molecular flexibility index (Phi) is 4.29. The van der Waals surface area contributed by atoms with Gasteiger partial charge in [-0.1, -0.05) is 0 Å². The van der Waals surface area contributed by atoms with E-state index in [0.29, 0.717) is 5.82 Å². The van der Waals surface area contributed by atoms with Crippen LogP contribution in [0.1, 0.15) is 12.7 Å². The summed E-state index contributed by atoms with van der Waals surface area (Å²) < 4.78 is 40.0. The van der Waals surface area contributed by atoms with E-state index in [-0.39, 0.29) is 18.1 Å². The molecule has 1 heterocycles. The molecule has 1 amide bonds. The Labute approximate surface area is 119 Å². The maximum atomic E-state index is 13.9. The highest BCUT2D eigenvalue weighted by molar-refractivity contribution is 7.89. The average molecular weight is 313 g/mol. The minimum absolute atomic E-state index is 0.144. The molecule has 0 saturated carbocycles. The van der Waals surface area contributed by atoms with E-state index < -0.39 is 20.7 Å². The molecular weight excluding hydrogens is 301 g/mol. The first-order valence-electron chi connectivity index (χ1n) is 5.79. The molecule has 21 heavy (non-hydrogen) atoms. The molecule has 0 unspecified atom stereocenters. The van der Waals surface area contributed by atoms with Gasteiger partial charge >= 0.3 is 0 Å². The number of aromatic amines is 1. The van der Waals surface area contributed by atoms with Crippen molar-refractivity contribution in [1.29, 1.82) is 0 Å². The number of halogens is 1. The molecule has 1 aromatic heterocycles. The number of nitrogens with one attached hydrogen (secondary N) is 3. The highest BCUT2D eigenvalue weighted by Crippen LogP contribution is 2.19. The third-order valence-electron chi connectivity index (χ3n) is 2.44. The average Bonchev–Trinajstić information content (AvgIpc) is 2.88. The van der Waals surface area contributed by atoms with Gasteiger partial charge in [0.2, 0.25) is 15.9 Å². The maximum Gasteiger partial charge on any atom is 0.243 e. The lowest BCUT2D eigenvalue weighted by Gasteiger charge is -2.08. The lowest BCUT2D eigenvalue weighted by Crippen LogP contribution is -2.24. The summed E-state index contributed by atoms with van der Waals surface area (Å²) >= 11 is 0. The maximum absolute atomic E-state index is 13.9. The molecule has 2 aromatic rings. The zero-order valence-electron chi connectivity index (χ0n) is 10.9. The van der Waals surface area contributed by atoms with Crippen molar-refractivity contribution in [2.24, 2.45) is 0 Å². The first-order valence-corrected chi connectivity index (χ1v) is 7.28. The summed E-state index contributed by atoms with van der Waals surface area (Å²) in [7, 11) is -4.04. The van der Waals surface area contributed by atoms with Crippen molar-refractivity contribution in [3.63, 3.8) is 0 Å². The highest BCUT2D eigenvalue weighted by atomic mass is 32.2. The predicted octanol–water partition coefficient (Wildman–Crippen LogP) is 0.381. The monoisotopic (exact) mass is 313 g/mol. The number of sulfonamides is 1. The lowest BCUT2D eigenvalue weighted by atomic mass is 10.3. The summed E-state index contributed by atoms with van der Waals surface area (Å²) in [6, 6.07) is 3.31. The van der Waals surface area contributed by atoms with Crippen molar-refractivity contribution >= 4 is 21.6 Å². The molecule has 0 atom stereocenters. The third kappa shape index (κ3) is 3.83. The Morgan fingerprint density at radius 1 is 1.43 bits per heavy atom. The van der Waals surface area contributed by atoms with Gasteiger partial charge in [-0.2, -0.15) is 5.10 Å².